The van der Waals surface area contributed by atoms with E-state index in [-0.39, 0.29) is 11.8 Å². The average Bonchev–Trinajstić information content (AvgIpc) is 2.41. The van der Waals surface area contributed by atoms with Crippen molar-refractivity contribution in [1.29, 1.82) is 0 Å². The van der Waals surface area contributed by atoms with Gasteiger partial charge in [-0.2, -0.15) is 9.97 Å². The Labute approximate surface area is 110 Å². The molecular formula is C13H15FN4O. The first-order valence-electron chi connectivity index (χ1n) is 5.86. The number of methoxy groups -OCH3 is 1. The summed E-state index contributed by atoms with van der Waals surface area (Å²) in [5.41, 5.74) is 6.06. The highest BCUT2D eigenvalue weighted by Crippen LogP contribution is 2.28. The van der Waals surface area contributed by atoms with Gasteiger partial charge in [0.2, 0.25) is 11.8 Å². The predicted octanol–water partition coefficient (Wildman–Crippen LogP) is 2.36. The first-order chi connectivity index (χ1) is 9.15. The van der Waals surface area contributed by atoms with Crippen LogP contribution in [0.15, 0.2) is 30.3 Å². The Morgan fingerprint density at radius 2 is 2.05 bits per heavy atom. The molecule has 2 rings (SSSR count). The number of benzene rings is 1. The molecule has 0 spiro atoms. The lowest BCUT2D eigenvalue weighted by atomic mass is 10.2. The number of ether oxygens (including phenoxy) is 1. The van der Waals surface area contributed by atoms with E-state index in [1.54, 1.807) is 29.2 Å². The molecule has 0 atom stereocenters. The minimum absolute atomic E-state index is 0.0872. The molecule has 0 bridgehead atoms. The second kappa shape index (κ2) is 5.51. The molecule has 1 aromatic heterocycles. The van der Waals surface area contributed by atoms with Gasteiger partial charge >= 0.3 is 0 Å². The number of halogens is 1. The zero-order chi connectivity index (χ0) is 13.8. The molecule has 1 heterocycles. The molecule has 2 aromatic rings. The van der Waals surface area contributed by atoms with Gasteiger partial charge in [-0.25, -0.2) is 4.39 Å². The van der Waals surface area contributed by atoms with E-state index in [0.717, 1.165) is 0 Å². The monoisotopic (exact) mass is 262 g/mol. The third-order valence-corrected chi connectivity index (χ3v) is 2.65. The number of hydrogen-bond donors (Lipinski definition) is 1. The van der Waals surface area contributed by atoms with Crippen molar-refractivity contribution >= 4 is 17.5 Å². The van der Waals surface area contributed by atoms with Crippen LogP contribution in [0.2, 0.25) is 0 Å². The standard InChI is InChI=1S/C13H15FN4O/c1-3-18(10-7-5-4-6-9(10)14)11-8-12(19-2)17-13(15)16-11/h4-8H,3H2,1-2H3,(H2,15,16,17). The van der Waals surface area contributed by atoms with Crippen LogP contribution in [-0.4, -0.2) is 23.6 Å². The molecule has 0 aliphatic heterocycles. The maximum absolute atomic E-state index is 13.8. The number of para-hydroxylation sites is 1. The van der Waals surface area contributed by atoms with Gasteiger partial charge in [-0.15, -0.1) is 0 Å². The maximum Gasteiger partial charge on any atom is 0.225 e. The summed E-state index contributed by atoms with van der Waals surface area (Å²) in [6, 6.07) is 8.11. The number of hydrogen-bond acceptors (Lipinski definition) is 5. The molecule has 0 aliphatic carbocycles. The zero-order valence-electron chi connectivity index (χ0n) is 10.8. The number of nitrogen functional groups attached to an aromatic ring is 1. The molecule has 0 saturated heterocycles. The topological polar surface area (TPSA) is 64.3 Å². The van der Waals surface area contributed by atoms with E-state index in [9.17, 15) is 4.39 Å². The Kier molecular flexibility index (Phi) is 3.79. The fourth-order valence-electron chi connectivity index (χ4n) is 1.80. The molecule has 19 heavy (non-hydrogen) atoms. The van der Waals surface area contributed by atoms with Crippen LogP contribution < -0.4 is 15.4 Å². The molecule has 0 aliphatic rings. The summed E-state index contributed by atoms with van der Waals surface area (Å²) in [6.45, 7) is 2.44. The maximum atomic E-state index is 13.8. The van der Waals surface area contributed by atoms with Crippen molar-refractivity contribution in [2.75, 3.05) is 24.3 Å². The SMILES string of the molecule is CCN(c1cc(OC)nc(N)n1)c1ccccc1F. The fraction of sp³-hybridized carbons (Fsp3) is 0.231. The number of nitrogens with two attached hydrogens (primary N) is 1. The largest absolute Gasteiger partial charge is 0.481 e. The van der Waals surface area contributed by atoms with E-state index in [4.69, 9.17) is 10.5 Å². The van der Waals surface area contributed by atoms with Crippen molar-refractivity contribution in [1.82, 2.24) is 9.97 Å². The highest BCUT2D eigenvalue weighted by atomic mass is 19.1. The Bertz CT molecular complexity index is 576. The van der Waals surface area contributed by atoms with Gasteiger partial charge in [0, 0.05) is 12.6 Å². The van der Waals surface area contributed by atoms with Gasteiger partial charge < -0.3 is 15.4 Å². The van der Waals surface area contributed by atoms with E-state index in [1.807, 2.05) is 6.92 Å². The third-order valence-electron chi connectivity index (χ3n) is 2.65. The Morgan fingerprint density at radius 3 is 2.68 bits per heavy atom. The number of nitrogens with zero attached hydrogens (tertiary/aromatic N) is 3. The highest BCUT2D eigenvalue weighted by Gasteiger charge is 2.14. The third kappa shape index (κ3) is 2.73. The second-order valence-corrected chi connectivity index (χ2v) is 3.82. The van der Waals surface area contributed by atoms with Crippen molar-refractivity contribution < 1.29 is 9.13 Å². The Morgan fingerprint density at radius 1 is 1.32 bits per heavy atom. The lowest BCUT2D eigenvalue weighted by Gasteiger charge is -2.22. The van der Waals surface area contributed by atoms with Gasteiger partial charge in [0.15, 0.2) is 0 Å². The van der Waals surface area contributed by atoms with Crippen LogP contribution in [0.3, 0.4) is 0 Å². The number of rotatable bonds is 4. The molecule has 0 radical (unpaired) electrons. The number of aromatic nitrogens is 2. The van der Waals surface area contributed by atoms with Gasteiger partial charge in [-0.05, 0) is 19.1 Å². The quantitative estimate of drug-likeness (QED) is 0.916. The first kappa shape index (κ1) is 13.1. The van der Waals surface area contributed by atoms with Crippen LogP contribution in [0.1, 0.15) is 6.92 Å². The zero-order valence-corrected chi connectivity index (χ0v) is 10.8. The minimum atomic E-state index is -0.319. The molecule has 5 nitrogen and oxygen atoms in total. The van der Waals surface area contributed by atoms with E-state index < -0.39 is 0 Å². The molecule has 6 heteroatoms. The van der Waals surface area contributed by atoms with E-state index in [2.05, 4.69) is 9.97 Å². The molecule has 0 unspecified atom stereocenters. The Balaban J connectivity index is 2.48. The van der Waals surface area contributed by atoms with Crippen LogP contribution in [0.5, 0.6) is 5.88 Å². The summed E-state index contributed by atoms with van der Waals surface area (Å²) in [5, 5.41) is 0. The average molecular weight is 262 g/mol. The second-order valence-electron chi connectivity index (χ2n) is 3.82. The molecule has 2 N–H and O–H groups in total. The molecule has 0 amide bonds. The highest BCUT2D eigenvalue weighted by molar-refractivity contribution is 5.62. The van der Waals surface area contributed by atoms with Crippen molar-refractivity contribution in [2.45, 2.75) is 6.92 Å². The van der Waals surface area contributed by atoms with Gasteiger partial charge in [0.1, 0.15) is 11.6 Å². The molecular weight excluding hydrogens is 247 g/mol. The smallest absolute Gasteiger partial charge is 0.225 e. The first-order valence-corrected chi connectivity index (χ1v) is 5.86. The van der Waals surface area contributed by atoms with E-state index in [0.29, 0.717) is 23.9 Å². The van der Waals surface area contributed by atoms with E-state index >= 15 is 0 Å². The summed E-state index contributed by atoms with van der Waals surface area (Å²) >= 11 is 0. The summed E-state index contributed by atoms with van der Waals surface area (Å²) in [6.07, 6.45) is 0. The molecule has 1 aromatic carbocycles. The van der Waals surface area contributed by atoms with Crippen LogP contribution in [0.4, 0.5) is 21.8 Å². The van der Waals surface area contributed by atoms with Crippen LogP contribution in [-0.2, 0) is 0 Å². The number of anilines is 3. The Hall–Kier alpha value is -2.37. The summed E-state index contributed by atoms with van der Waals surface area (Å²) in [4.78, 5) is 9.73. The van der Waals surface area contributed by atoms with Crippen molar-refractivity contribution in [3.05, 3.63) is 36.1 Å². The predicted molar refractivity (Wildman–Crippen MR) is 72.1 cm³/mol. The van der Waals surface area contributed by atoms with Crippen molar-refractivity contribution in [3.63, 3.8) is 0 Å². The van der Waals surface area contributed by atoms with Crippen LogP contribution >= 0.6 is 0 Å². The van der Waals surface area contributed by atoms with Crippen LogP contribution in [0, 0.1) is 5.82 Å². The molecule has 0 saturated carbocycles. The van der Waals surface area contributed by atoms with Crippen molar-refractivity contribution in [3.8, 4) is 5.88 Å². The summed E-state index contributed by atoms with van der Waals surface area (Å²) < 4.78 is 18.9. The molecule has 0 fully saturated rings. The lowest BCUT2D eigenvalue weighted by Crippen LogP contribution is -2.19. The normalized spacial score (nSPS) is 10.3. The summed E-state index contributed by atoms with van der Waals surface area (Å²) in [5.74, 6) is 0.610. The summed E-state index contributed by atoms with van der Waals surface area (Å²) in [7, 11) is 1.49. The van der Waals surface area contributed by atoms with Gasteiger partial charge in [0.05, 0.1) is 12.8 Å². The van der Waals surface area contributed by atoms with Crippen molar-refractivity contribution in [2.24, 2.45) is 0 Å². The molecule has 100 valence electrons. The fourth-order valence-corrected chi connectivity index (χ4v) is 1.80. The van der Waals surface area contributed by atoms with Gasteiger partial charge in [-0.1, -0.05) is 12.1 Å². The van der Waals surface area contributed by atoms with Gasteiger partial charge in [0.25, 0.3) is 0 Å². The minimum Gasteiger partial charge on any atom is -0.481 e. The van der Waals surface area contributed by atoms with E-state index in [1.165, 1.54) is 13.2 Å². The van der Waals surface area contributed by atoms with Crippen LogP contribution in [0.25, 0.3) is 0 Å². The van der Waals surface area contributed by atoms with Gasteiger partial charge in [-0.3, -0.25) is 0 Å². The lowest BCUT2D eigenvalue weighted by molar-refractivity contribution is 0.398.